The Hall–Kier alpha value is -1.88. The number of aromatic nitrogens is 3. The van der Waals surface area contributed by atoms with Gasteiger partial charge in [-0.2, -0.15) is 0 Å². The van der Waals surface area contributed by atoms with Crippen LogP contribution in [-0.4, -0.2) is 21.5 Å². The van der Waals surface area contributed by atoms with Gasteiger partial charge in [-0.25, -0.2) is 0 Å². The molecule has 0 amide bonds. The highest BCUT2D eigenvalue weighted by Crippen LogP contribution is 2.13. The number of nitrogens with one attached hydrogen (secondary N) is 1. The number of aryl methyl sites for hydroxylation is 1. The van der Waals surface area contributed by atoms with Crippen LogP contribution in [0.15, 0.2) is 30.5 Å². The van der Waals surface area contributed by atoms with Crippen LogP contribution in [0.2, 0.25) is 0 Å². The van der Waals surface area contributed by atoms with Gasteiger partial charge in [-0.3, -0.25) is 4.68 Å². The van der Waals surface area contributed by atoms with Gasteiger partial charge in [0.1, 0.15) is 18.1 Å². The molecule has 0 aliphatic rings. The van der Waals surface area contributed by atoms with Crippen molar-refractivity contribution in [2.24, 2.45) is 7.05 Å². The highest BCUT2D eigenvalue weighted by atomic mass is 16.5. The van der Waals surface area contributed by atoms with E-state index >= 15 is 0 Å². The molecule has 5 heteroatoms. The summed E-state index contributed by atoms with van der Waals surface area (Å²) in [6.45, 7) is 4.56. The molecule has 1 aromatic carbocycles. The fraction of sp³-hybridized carbons (Fsp3) is 0.429. The Morgan fingerprint density at radius 1 is 1.26 bits per heavy atom. The van der Waals surface area contributed by atoms with Crippen LogP contribution in [0, 0.1) is 0 Å². The van der Waals surface area contributed by atoms with Gasteiger partial charge in [0.15, 0.2) is 0 Å². The summed E-state index contributed by atoms with van der Waals surface area (Å²) in [6, 6.07) is 8.13. The van der Waals surface area contributed by atoms with Gasteiger partial charge in [-0.15, -0.1) is 5.10 Å². The minimum Gasteiger partial charge on any atom is -0.487 e. The Labute approximate surface area is 113 Å². The predicted molar refractivity (Wildman–Crippen MR) is 73.8 cm³/mol. The van der Waals surface area contributed by atoms with Crippen LogP contribution in [0.5, 0.6) is 5.75 Å². The van der Waals surface area contributed by atoms with Crippen molar-refractivity contribution in [1.82, 2.24) is 20.3 Å². The van der Waals surface area contributed by atoms with Crippen molar-refractivity contribution in [2.45, 2.75) is 26.5 Å². The molecule has 2 aromatic rings. The van der Waals surface area contributed by atoms with Crippen LogP contribution in [-0.2, 0) is 20.2 Å². The lowest BCUT2D eigenvalue weighted by Gasteiger charge is -2.06. The maximum Gasteiger partial charge on any atom is 0.134 e. The number of hydrogen-bond donors (Lipinski definition) is 1. The van der Waals surface area contributed by atoms with Crippen LogP contribution >= 0.6 is 0 Å². The van der Waals surface area contributed by atoms with Crippen LogP contribution in [0.3, 0.4) is 0 Å². The zero-order valence-electron chi connectivity index (χ0n) is 11.5. The van der Waals surface area contributed by atoms with Gasteiger partial charge in [0.05, 0.1) is 6.20 Å². The van der Waals surface area contributed by atoms with Crippen LogP contribution in [0.1, 0.15) is 24.6 Å². The van der Waals surface area contributed by atoms with E-state index in [4.69, 9.17) is 4.74 Å². The van der Waals surface area contributed by atoms with Crippen molar-refractivity contribution < 1.29 is 4.74 Å². The predicted octanol–water partition coefficient (Wildman–Crippen LogP) is 1.89. The number of hydrogen-bond acceptors (Lipinski definition) is 4. The third kappa shape index (κ3) is 4.37. The van der Waals surface area contributed by atoms with Crippen molar-refractivity contribution in [3.05, 3.63) is 41.7 Å². The minimum absolute atomic E-state index is 0.446. The Balaban J connectivity index is 1.81. The van der Waals surface area contributed by atoms with E-state index in [1.54, 1.807) is 4.68 Å². The summed E-state index contributed by atoms with van der Waals surface area (Å²) in [7, 11) is 1.84. The minimum atomic E-state index is 0.446. The van der Waals surface area contributed by atoms with Crippen molar-refractivity contribution in [2.75, 3.05) is 6.54 Å². The quantitative estimate of drug-likeness (QED) is 0.772. The van der Waals surface area contributed by atoms with Crippen molar-refractivity contribution in [3.8, 4) is 5.75 Å². The normalized spacial score (nSPS) is 10.6. The lowest BCUT2D eigenvalue weighted by atomic mass is 10.2. The van der Waals surface area contributed by atoms with E-state index in [0.717, 1.165) is 31.0 Å². The van der Waals surface area contributed by atoms with Gasteiger partial charge < -0.3 is 10.1 Å². The fourth-order valence-electron chi connectivity index (χ4n) is 1.73. The largest absolute Gasteiger partial charge is 0.487 e. The highest BCUT2D eigenvalue weighted by Gasteiger charge is 2.00. The molecule has 2 rings (SSSR count). The summed E-state index contributed by atoms with van der Waals surface area (Å²) in [5.74, 6) is 0.852. The molecule has 0 atom stereocenters. The first-order valence-electron chi connectivity index (χ1n) is 6.55. The topological polar surface area (TPSA) is 52.0 Å². The van der Waals surface area contributed by atoms with Gasteiger partial charge in [-0.1, -0.05) is 24.3 Å². The van der Waals surface area contributed by atoms with Gasteiger partial charge in [-0.05, 0) is 30.7 Å². The average Bonchev–Trinajstić information content (AvgIpc) is 2.84. The zero-order chi connectivity index (χ0) is 13.5. The summed E-state index contributed by atoms with van der Waals surface area (Å²) in [5.41, 5.74) is 2.09. The van der Waals surface area contributed by atoms with Crippen LogP contribution < -0.4 is 10.1 Å². The van der Waals surface area contributed by atoms with E-state index in [9.17, 15) is 0 Å². The van der Waals surface area contributed by atoms with Crippen LogP contribution in [0.4, 0.5) is 0 Å². The van der Waals surface area contributed by atoms with E-state index in [1.165, 1.54) is 5.56 Å². The van der Waals surface area contributed by atoms with Gasteiger partial charge in [0.25, 0.3) is 0 Å². The van der Waals surface area contributed by atoms with Gasteiger partial charge in [0.2, 0.25) is 0 Å². The van der Waals surface area contributed by atoms with E-state index in [-0.39, 0.29) is 0 Å². The van der Waals surface area contributed by atoms with Gasteiger partial charge in [0, 0.05) is 13.6 Å². The summed E-state index contributed by atoms with van der Waals surface area (Å²) in [5, 5.41) is 11.2. The SMILES string of the molecule is CCCNCc1ccc(OCc2cn(C)nn2)cc1. The first kappa shape index (κ1) is 13.5. The van der Waals surface area contributed by atoms with Crippen LogP contribution in [0.25, 0.3) is 0 Å². The highest BCUT2D eigenvalue weighted by molar-refractivity contribution is 5.27. The Bertz CT molecular complexity index is 492. The number of ether oxygens (including phenoxy) is 1. The molecule has 0 saturated heterocycles. The van der Waals surface area contributed by atoms with E-state index in [0.29, 0.717) is 6.61 Å². The molecular weight excluding hydrogens is 240 g/mol. The van der Waals surface area contributed by atoms with Crippen molar-refractivity contribution in [3.63, 3.8) is 0 Å². The maximum absolute atomic E-state index is 5.65. The Kier molecular flexibility index (Phi) is 4.92. The molecule has 1 aromatic heterocycles. The standard InChI is InChI=1S/C14H20N4O/c1-3-8-15-9-12-4-6-14(7-5-12)19-11-13-10-18(2)17-16-13/h4-7,10,15H,3,8-9,11H2,1-2H3. The molecule has 0 radical (unpaired) electrons. The average molecular weight is 260 g/mol. The molecule has 102 valence electrons. The first-order chi connectivity index (χ1) is 9.28. The molecule has 0 aliphatic heterocycles. The summed E-state index contributed by atoms with van der Waals surface area (Å²) < 4.78 is 7.32. The maximum atomic E-state index is 5.65. The molecule has 19 heavy (non-hydrogen) atoms. The molecule has 0 saturated carbocycles. The molecule has 0 bridgehead atoms. The first-order valence-corrected chi connectivity index (χ1v) is 6.55. The molecule has 1 heterocycles. The van der Waals surface area contributed by atoms with E-state index in [1.807, 2.05) is 25.4 Å². The molecule has 0 spiro atoms. The second kappa shape index (κ2) is 6.89. The lowest BCUT2D eigenvalue weighted by molar-refractivity contribution is 0.301. The third-order valence-electron chi connectivity index (χ3n) is 2.72. The lowest BCUT2D eigenvalue weighted by Crippen LogP contribution is -2.13. The van der Waals surface area contributed by atoms with E-state index < -0.39 is 0 Å². The zero-order valence-corrected chi connectivity index (χ0v) is 11.5. The smallest absolute Gasteiger partial charge is 0.134 e. The summed E-state index contributed by atoms with van der Waals surface area (Å²) >= 11 is 0. The molecule has 0 fully saturated rings. The molecule has 1 N–H and O–H groups in total. The fourth-order valence-corrected chi connectivity index (χ4v) is 1.73. The number of nitrogens with zero attached hydrogens (tertiary/aromatic N) is 3. The second-order valence-electron chi connectivity index (χ2n) is 4.49. The summed E-state index contributed by atoms with van der Waals surface area (Å²) in [4.78, 5) is 0. The van der Waals surface area contributed by atoms with Crippen molar-refractivity contribution in [1.29, 1.82) is 0 Å². The second-order valence-corrected chi connectivity index (χ2v) is 4.49. The van der Waals surface area contributed by atoms with Crippen molar-refractivity contribution >= 4 is 0 Å². The molecular formula is C14H20N4O. The Morgan fingerprint density at radius 2 is 2.05 bits per heavy atom. The monoisotopic (exact) mass is 260 g/mol. The molecule has 0 aliphatic carbocycles. The Morgan fingerprint density at radius 3 is 2.68 bits per heavy atom. The summed E-state index contributed by atoms with van der Waals surface area (Å²) in [6.07, 6.45) is 3.00. The third-order valence-corrected chi connectivity index (χ3v) is 2.72. The van der Waals surface area contributed by atoms with Gasteiger partial charge >= 0.3 is 0 Å². The molecule has 0 unspecified atom stereocenters. The number of rotatable bonds is 7. The molecule has 5 nitrogen and oxygen atoms in total. The number of benzene rings is 1. The van der Waals surface area contributed by atoms with E-state index in [2.05, 4.69) is 34.7 Å².